The average molecular weight is 220 g/mol. The molecule has 14 heavy (non-hydrogen) atoms. The zero-order chi connectivity index (χ0) is 10.9. The highest BCUT2D eigenvalue weighted by Gasteiger charge is 2.36. The van der Waals surface area contributed by atoms with Crippen molar-refractivity contribution in [1.82, 2.24) is 0 Å². The monoisotopic (exact) mass is 220 g/mol. The fourth-order valence-electron chi connectivity index (χ4n) is 1.73. The van der Waals surface area contributed by atoms with Crippen LogP contribution in [0.2, 0.25) is 0 Å². The summed E-state index contributed by atoms with van der Waals surface area (Å²) in [5, 5.41) is 0. The van der Waals surface area contributed by atoms with Crippen molar-refractivity contribution in [2.45, 2.75) is 33.0 Å². The van der Waals surface area contributed by atoms with E-state index in [2.05, 4.69) is 20.8 Å². The van der Waals surface area contributed by atoms with E-state index in [1.54, 1.807) is 13.3 Å². The lowest BCUT2D eigenvalue weighted by atomic mass is 9.91. The highest BCUT2D eigenvalue weighted by molar-refractivity contribution is 7.57. The first kappa shape index (κ1) is 12.2. The molecule has 1 fully saturated rings. The molecule has 0 aliphatic carbocycles. The van der Waals surface area contributed by atoms with E-state index in [4.69, 9.17) is 9.26 Å². The van der Waals surface area contributed by atoms with E-state index >= 15 is 0 Å². The molecular formula is C10H21O3P. The molecule has 1 unspecified atom stereocenters. The van der Waals surface area contributed by atoms with E-state index < -0.39 is 7.37 Å². The van der Waals surface area contributed by atoms with Gasteiger partial charge in [-0.3, -0.25) is 4.57 Å². The maximum Gasteiger partial charge on any atom is 0.197 e. The van der Waals surface area contributed by atoms with Crippen molar-refractivity contribution < 1.29 is 13.8 Å². The van der Waals surface area contributed by atoms with E-state index in [1.807, 2.05) is 0 Å². The summed E-state index contributed by atoms with van der Waals surface area (Å²) < 4.78 is 22.4. The number of ether oxygens (including phenoxy) is 1. The summed E-state index contributed by atoms with van der Waals surface area (Å²) in [7, 11) is -2.36. The van der Waals surface area contributed by atoms with E-state index in [0.717, 1.165) is 0 Å². The standard InChI is InChI=1S/C10H21O3P/c1-7-8(2)10(13-9(7)3)6-12-14(4,5)11/h7-10H,6H2,1-5H3/t7-,8?,9-,10+/m0/s1. The Bertz CT molecular complexity index is 236. The lowest BCUT2D eigenvalue weighted by Crippen LogP contribution is -2.21. The van der Waals surface area contributed by atoms with Gasteiger partial charge in [0.15, 0.2) is 7.37 Å². The second kappa shape index (κ2) is 4.34. The van der Waals surface area contributed by atoms with Crippen molar-refractivity contribution in [3.05, 3.63) is 0 Å². The molecule has 4 atom stereocenters. The summed E-state index contributed by atoms with van der Waals surface area (Å²) in [5.41, 5.74) is 0. The Labute approximate surface area is 86.6 Å². The molecule has 84 valence electrons. The van der Waals surface area contributed by atoms with Crippen LogP contribution in [0.4, 0.5) is 0 Å². The molecule has 0 aromatic rings. The molecule has 1 aliphatic rings. The lowest BCUT2D eigenvalue weighted by Gasteiger charge is -2.17. The van der Waals surface area contributed by atoms with Crippen molar-refractivity contribution in [3.8, 4) is 0 Å². The van der Waals surface area contributed by atoms with Crippen LogP contribution in [-0.2, 0) is 13.8 Å². The Hall–Kier alpha value is 0.150. The molecule has 0 amide bonds. The molecule has 0 aromatic carbocycles. The zero-order valence-corrected chi connectivity index (χ0v) is 10.6. The van der Waals surface area contributed by atoms with Crippen molar-refractivity contribution >= 4 is 7.37 Å². The highest BCUT2D eigenvalue weighted by Crippen LogP contribution is 2.40. The zero-order valence-electron chi connectivity index (χ0n) is 9.69. The minimum atomic E-state index is -2.36. The summed E-state index contributed by atoms with van der Waals surface area (Å²) >= 11 is 0. The van der Waals surface area contributed by atoms with Gasteiger partial charge in [-0.15, -0.1) is 0 Å². The van der Waals surface area contributed by atoms with E-state index in [-0.39, 0.29) is 12.2 Å². The number of rotatable bonds is 3. The van der Waals surface area contributed by atoms with Crippen LogP contribution in [-0.4, -0.2) is 32.1 Å². The first-order chi connectivity index (χ1) is 6.31. The van der Waals surface area contributed by atoms with Crippen LogP contribution in [0.15, 0.2) is 0 Å². The third kappa shape index (κ3) is 3.08. The molecule has 0 radical (unpaired) electrons. The minimum Gasteiger partial charge on any atom is -0.372 e. The Kier molecular flexibility index (Phi) is 3.79. The Morgan fingerprint density at radius 3 is 2.14 bits per heavy atom. The van der Waals surface area contributed by atoms with Gasteiger partial charge in [-0.25, -0.2) is 0 Å². The molecule has 0 aromatic heterocycles. The van der Waals surface area contributed by atoms with Gasteiger partial charge in [0.2, 0.25) is 0 Å². The molecule has 0 saturated carbocycles. The summed E-state index contributed by atoms with van der Waals surface area (Å²) in [6, 6.07) is 0. The lowest BCUT2D eigenvalue weighted by molar-refractivity contribution is 0.0140. The molecule has 1 heterocycles. The van der Waals surface area contributed by atoms with Crippen LogP contribution in [0.1, 0.15) is 20.8 Å². The maximum absolute atomic E-state index is 11.4. The molecule has 1 aliphatic heterocycles. The maximum atomic E-state index is 11.4. The normalized spacial score (nSPS) is 38.9. The van der Waals surface area contributed by atoms with Crippen LogP contribution in [0.3, 0.4) is 0 Å². The predicted molar refractivity (Wildman–Crippen MR) is 58.1 cm³/mol. The van der Waals surface area contributed by atoms with Crippen LogP contribution in [0, 0.1) is 11.8 Å². The Balaban J connectivity index is 2.44. The number of hydrogen-bond acceptors (Lipinski definition) is 3. The van der Waals surface area contributed by atoms with E-state index in [9.17, 15) is 4.57 Å². The van der Waals surface area contributed by atoms with E-state index in [0.29, 0.717) is 18.4 Å². The van der Waals surface area contributed by atoms with Gasteiger partial charge in [-0.1, -0.05) is 13.8 Å². The first-order valence-corrected chi connectivity index (χ1v) is 7.68. The quantitative estimate of drug-likeness (QED) is 0.686. The molecule has 0 spiro atoms. The molecule has 0 bridgehead atoms. The minimum absolute atomic E-state index is 0.105. The van der Waals surface area contributed by atoms with Crippen LogP contribution < -0.4 is 0 Å². The molecular weight excluding hydrogens is 199 g/mol. The van der Waals surface area contributed by atoms with Crippen molar-refractivity contribution in [1.29, 1.82) is 0 Å². The van der Waals surface area contributed by atoms with Gasteiger partial charge >= 0.3 is 0 Å². The van der Waals surface area contributed by atoms with Gasteiger partial charge in [0, 0.05) is 13.3 Å². The predicted octanol–water partition coefficient (Wildman–Crippen LogP) is 2.60. The highest BCUT2D eigenvalue weighted by atomic mass is 31.2. The molecule has 0 N–H and O–H groups in total. The van der Waals surface area contributed by atoms with Gasteiger partial charge in [-0.05, 0) is 18.8 Å². The van der Waals surface area contributed by atoms with Crippen molar-refractivity contribution in [2.75, 3.05) is 19.9 Å². The smallest absolute Gasteiger partial charge is 0.197 e. The molecule has 3 nitrogen and oxygen atoms in total. The van der Waals surface area contributed by atoms with Crippen LogP contribution in [0.25, 0.3) is 0 Å². The van der Waals surface area contributed by atoms with Crippen molar-refractivity contribution in [2.24, 2.45) is 11.8 Å². The summed E-state index contributed by atoms with van der Waals surface area (Å²) in [5.74, 6) is 1.04. The molecule has 1 rings (SSSR count). The fourth-order valence-corrected chi connectivity index (χ4v) is 2.24. The SMILES string of the molecule is CC1[C@@H](COP(C)(C)=O)O[C@@H](C)[C@H]1C. The Morgan fingerprint density at radius 1 is 1.21 bits per heavy atom. The van der Waals surface area contributed by atoms with Gasteiger partial charge in [0.05, 0.1) is 18.8 Å². The second-order valence-corrected chi connectivity index (χ2v) is 7.41. The van der Waals surface area contributed by atoms with Gasteiger partial charge in [0.25, 0.3) is 0 Å². The van der Waals surface area contributed by atoms with Gasteiger partial charge in [-0.2, -0.15) is 0 Å². The topological polar surface area (TPSA) is 35.5 Å². The first-order valence-electron chi connectivity index (χ1n) is 5.16. The largest absolute Gasteiger partial charge is 0.372 e. The van der Waals surface area contributed by atoms with Crippen LogP contribution >= 0.6 is 7.37 Å². The van der Waals surface area contributed by atoms with Crippen LogP contribution in [0.5, 0.6) is 0 Å². The average Bonchev–Trinajstić information content (AvgIpc) is 2.28. The molecule has 4 heteroatoms. The third-order valence-corrected chi connectivity index (χ3v) is 3.87. The van der Waals surface area contributed by atoms with Gasteiger partial charge in [0.1, 0.15) is 0 Å². The fraction of sp³-hybridized carbons (Fsp3) is 1.00. The second-order valence-electron chi connectivity index (χ2n) is 4.65. The summed E-state index contributed by atoms with van der Waals surface area (Å²) in [6.45, 7) is 10.2. The molecule has 1 saturated heterocycles. The van der Waals surface area contributed by atoms with Crippen molar-refractivity contribution in [3.63, 3.8) is 0 Å². The van der Waals surface area contributed by atoms with E-state index in [1.165, 1.54) is 0 Å². The summed E-state index contributed by atoms with van der Waals surface area (Å²) in [4.78, 5) is 0. The number of hydrogen-bond donors (Lipinski definition) is 0. The van der Waals surface area contributed by atoms with Gasteiger partial charge < -0.3 is 9.26 Å². The third-order valence-electron chi connectivity index (χ3n) is 3.10. The Morgan fingerprint density at radius 2 is 1.79 bits per heavy atom. The summed E-state index contributed by atoms with van der Waals surface area (Å²) in [6.07, 6.45) is 0.389.